The number of hydrogen-bond donors (Lipinski definition) is 2. The van der Waals surface area contributed by atoms with Gasteiger partial charge in [0.05, 0.1) is 18.8 Å². The highest BCUT2D eigenvalue weighted by molar-refractivity contribution is 5.90. The predicted molar refractivity (Wildman–Crippen MR) is 281 cm³/mol. The van der Waals surface area contributed by atoms with Crippen molar-refractivity contribution < 1.29 is 0 Å². The predicted octanol–water partition coefficient (Wildman–Crippen LogP) is 7.42. The molecule has 11 rings (SSSR count). The van der Waals surface area contributed by atoms with Gasteiger partial charge in [0, 0.05) is 76.0 Å². The molecule has 1 saturated carbocycles. The maximum Gasteiger partial charge on any atom is 0.332 e. The molecule has 0 atom stereocenters. The minimum absolute atomic E-state index is 0.189. The van der Waals surface area contributed by atoms with Crippen LogP contribution in [0.5, 0.6) is 0 Å². The molecule has 0 bridgehead atoms. The molecule has 366 valence electrons. The van der Waals surface area contributed by atoms with Gasteiger partial charge in [-0.05, 0) is 77.8 Å². The number of aromatic nitrogens is 12. The molecule has 10 aromatic rings. The zero-order valence-corrected chi connectivity index (χ0v) is 41.1. The van der Waals surface area contributed by atoms with Crippen LogP contribution in [0.2, 0.25) is 0 Å². The smallest absolute Gasteiger partial charge is 0.332 e. The Balaban J connectivity index is 0.000000166. The van der Waals surface area contributed by atoms with E-state index in [9.17, 15) is 19.2 Å². The van der Waals surface area contributed by atoms with Gasteiger partial charge in [-0.1, -0.05) is 93.6 Å². The van der Waals surface area contributed by atoms with E-state index in [4.69, 9.17) is 10.2 Å². The Morgan fingerprint density at radius 2 is 1.11 bits per heavy atom. The standard InChI is InChI=1S/C28H31N7O2.C26H25N7O2/c1-28(2,3)18-34-25-22(26(36)33(5)27(34)37)24(30-21-9-7-6-8-10-21)35(31-25)17-19-11-13-20(14-12-19)23-29-15-16-32(23)4;1-30-25(34)22-23(28-20-6-3-2-4-7-20)33(29-24(22)31(26(30)35)16-18-8-9-18)17-19-10-12-21(13-11-19)32-15-5-14-27-32/h6-16,30H,17-18H2,1-5H3;2-7,10-15,18,28H,8-9,16-17H2,1H3. The van der Waals surface area contributed by atoms with E-state index in [1.54, 1.807) is 35.6 Å². The highest BCUT2D eigenvalue weighted by Crippen LogP contribution is 2.32. The van der Waals surface area contributed by atoms with Crippen molar-refractivity contribution in [2.75, 3.05) is 10.6 Å². The summed E-state index contributed by atoms with van der Waals surface area (Å²) in [6.07, 6.45) is 9.51. The average molecular weight is 965 g/mol. The number of fused-ring (bicyclic) bond motifs is 2. The van der Waals surface area contributed by atoms with E-state index in [0.717, 1.165) is 57.0 Å². The summed E-state index contributed by atoms with van der Waals surface area (Å²) in [6, 6.07) is 37.4. The van der Waals surface area contributed by atoms with Gasteiger partial charge in [0.25, 0.3) is 11.1 Å². The lowest BCUT2D eigenvalue weighted by Gasteiger charge is -2.20. The summed E-state index contributed by atoms with van der Waals surface area (Å²) in [5, 5.41) is 21.5. The molecular formula is C54H56N14O4. The number of anilines is 4. The SMILES string of the molecule is Cn1c(=O)c2c(Nc3ccccc3)n(Cc3ccc(-n4cccn4)cc3)nc2n(CC2CC2)c1=O.Cn1ccnc1-c1ccc(Cn2nc3c(c2Nc2ccccc2)c(=O)n(C)c(=O)n3CC(C)(C)C)cc1. The van der Waals surface area contributed by atoms with Crippen molar-refractivity contribution in [2.24, 2.45) is 32.5 Å². The third-order valence-corrected chi connectivity index (χ3v) is 12.7. The third kappa shape index (κ3) is 9.57. The lowest BCUT2D eigenvalue weighted by atomic mass is 9.97. The number of para-hydroxylation sites is 2. The molecule has 0 unspecified atom stereocenters. The molecule has 18 heteroatoms. The molecule has 1 aliphatic carbocycles. The quantitative estimate of drug-likeness (QED) is 0.118. The van der Waals surface area contributed by atoms with Crippen molar-refractivity contribution in [1.29, 1.82) is 0 Å². The second-order valence-electron chi connectivity index (χ2n) is 19.6. The van der Waals surface area contributed by atoms with E-state index in [2.05, 4.69) is 41.5 Å². The maximum atomic E-state index is 13.4. The first kappa shape index (κ1) is 46.9. The first-order chi connectivity index (χ1) is 34.7. The summed E-state index contributed by atoms with van der Waals surface area (Å²) in [5.41, 5.74) is 4.84. The number of hydrogen-bond acceptors (Lipinski definition) is 10. The van der Waals surface area contributed by atoms with Crippen LogP contribution in [0.3, 0.4) is 0 Å². The van der Waals surface area contributed by atoms with Gasteiger partial charge in [0.15, 0.2) is 11.3 Å². The Hall–Kier alpha value is -8.80. The number of imidazole rings is 1. The van der Waals surface area contributed by atoms with Gasteiger partial charge < -0.3 is 15.2 Å². The van der Waals surface area contributed by atoms with E-state index >= 15 is 0 Å². The first-order valence-corrected chi connectivity index (χ1v) is 23.9. The first-order valence-electron chi connectivity index (χ1n) is 23.9. The van der Waals surface area contributed by atoms with Crippen molar-refractivity contribution in [3.05, 3.63) is 193 Å². The molecule has 0 spiro atoms. The van der Waals surface area contributed by atoms with Crippen molar-refractivity contribution in [2.45, 2.75) is 59.8 Å². The topological polar surface area (TPSA) is 183 Å². The van der Waals surface area contributed by atoms with E-state index < -0.39 is 0 Å². The molecule has 18 nitrogen and oxygen atoms in total. The molecule has 0 amide bonds. The summed E-state index contributed by atoms with van der Waals surface area (Å²) in [4.78, 5) is 57.3. The van der Waals surface area contributed by atoms with E-state index in [1.165, 1.54) is 18.7 Å². The molecule has 72 heavy (non-hydrogen) atoms. The van der Waals surface area contributed by atoms with E-state index in [1.807, 2.05) is 139 Å². The lowest BCUT2D eigenvalue weighted by molar-refractivity contribution is 0.337. The van der Waals surface area contributed by atoms with Gasteiger partial charge in [-0.15, -0.1) is 0 Å². The van der Waals surface area contributed by atoms with Crippen LogP contribution < -0.4 is 33.1 Å². The van der Waals surface area contributed by atoms with E-state index in [0.29, 0.717) is 65.8 Å². The second kappa shape index (κ2) is 19.2. The molecular weight excluding hydrogens is 909 g/mol. The lowest BCUT2D eigenvalue weighted by Crippen LogP contribution is -2.40. The van der Waals surface area contributed by atoms with Crippen molar-refractivity contribution in [3.8, 4) is 17.1 Å². The van der Waals surface area contributed by atoms with Crippen LogP contribution in [-0.2, 0) is 47.3 Å². The van der Waals surface area contributed by atoms with Gasteiger partial charge in [-0.25, -0.2) is 28.6 Å². The number of rotatable bonds is 13. The van der Waals surface area contributed by atoms with Crippen LogP contribution in [0.1, 0.15) is 44.7 Å². The second-order valence-corrected chi connectivity index (χ2v) is 19.6. The number of nitrogens with zero attached hydrogens (tertiary/aromatic N) is 12. The van der Waals surface area contributed by atoms with Crippen LogP contribution in [0, 0.1) is 11.3 Å². The summed E-state index contributed by atoms with van der Waals surface area (Å²) >= 11 is 0. The van der Waals surface area contributed by atoms with Gasteiger partial charge in [0.1, 0.15) is 28.2 Å². The molecule has 1 aliphatic rings. The fraction of sp³-hybridized carbons (Fsp3) is 0.259. The largest absolute Gasteiger partial charge is 0.340 e. The number of aryl methyl sites for hydroxylation is 1. The van der Waals surface area contributed by atoms with Crippen molar-refractivity contribution in [3.63, 3.8) is 0 Å². The summed E-state index contributed by atoms with van der Waals surface area (Å²) < 4.78 is 12.9. The van der Waals surface area contributed by atoms with Gasteiger partial charge in [-0.3, -0.25) is 27.9 Å². The Kier molecular flexibility index (Phi) is 12.5. The Morgan fingerprint density at radius 1 is 0.597 bits per heavy atom. The molecule has 1 fully saturated rings. The van der Waals surface area contributed by atoms with Crippen molar-refractivity contribution >= 4 is 45.1 Å². The van der Waals surface area contributed by atoms with Gasteiger partial charge in [-0.2, -0.15) is 15.3 Å². The van der Waals surface area contributed by atoms with Crippen LogP contribution in [0.4, 0.5) is 23.0 Å². The third-order valence-electron chi connectivity index (χ3n) is 12.7. The highest BCUT2D eigenvalue weighted by atomic mass is 16.2. The zero-order valence-electron chi connectivity index (χ0n) is 41.1. The summed E-state index contributed by atoms with van der Waals surface area (Å²) in [6.45, 7) is 8.01. The normalized spacial score (nSPS) is 12.6. The fourth-order valence-corrected chi connectivity index (χ4v) is 8.79. The molecule has 0 saturated heterocycles. The fourth-order valence-electron chi connectivity index (χ4n) is 8.79. The highest BCUT2D eigenvalue weighted by Gasteiger charge is 2.28. The average Bonchev–Trinajstić information content (AvgIpc) is 3.67. The molecule has 4 aromatic carbocycles. The zero-order chi connectivity index (χ0) is 50.3. The number of benzene rings is 4. The monoisotopic (exact) mass is 964 g/mol. The number of nitrogens with one attached hydrogen (secondary N) is 2. The molecule has 0 aliphatic heterocycles. The molecule has 6 heterocycles. The van der Waals surface area contributed by atoms with Gasteiger partial charge in [0.2, 0.25) is 0 Å². The van der Waals surface area contributed by atoms with Gasteiger partial charge >= 0.3 is 11.4 Å². The Labute approximate surface area is 413 Å². The molecule has 6 aromatic heterocycles. The molecule has 2 N–H and O–H groups in total. The van der Waals surface area contributed by atoms with Crippen LogP contribution in [0.25, 0.3) is 39.1 Å². The minimum atomic E-state index is -0.375. The maximum absolute atomic E-state index is 13.4. The summed E-state index contributed by atoms with van der Waals surface area (Å²) in [5.74, 6) is 2.47. The Morgan fingerprint density at radius 3 is 1.58 bits per heavy atom. The van der Waals surface area contributed by atoms with Crippen LogP contribution in [0.15, 0.2) is 159 Å². The summed E-state index contributed by atoms with van der Waals surface area (Å²) in [7, 11) is 5.01. The Bertz CT molecular complexity index is 3790. The van der Waals surface area contributed by atoms with Crippen LogP contribution >= 0.6 is 0 Å². The van der Waals surface area contributed by atoms with E-state index in [-0.39, 0.29) is 27.9 Å². The van der Waals surface area contributed by atoms with Crippen molar-refractivity contribution in [1.82, 2.24) is 57.2 Å². The minimum Gasteiger partial charge on any atom is -0.340 e. The van der Waals surface area contributed by atoms with Crippen LogP contribution in [-0.4, -0.2) is 57.2 Å². The molecule has 0 radical (unpaired) electrons.